The standard InChI is InChI=1S/C26H27N3O6/c1-2-7-16(12-24(30)31)28-25(32)23-13-17(35-29-23)14-27-26(33)34-15-22-20-10-5-3-8-18(20)19-9-4-6-11-21(19)22/h3-6,8-11,13,16,22H,2,7,12,14-15H2,1H3,(H,27,33)(H,28,32)(H,30,31). The van der Waals surface area contributed by atoms with E-state index in [0.717, 1.165) is 28.7 Å². The number of nitrogens with zero attached hydrogens (tertiary/aromatic N) is 1. The number of amides is 2. The third kappa shape index (κ3) is 5.68. The van der Waals surface area contributed by atoms with Gasteiger partial charge >= 0.3 is 12.1 Å². The lowest BCUT2D eigenvalue weighted by molar-refractivity contribution is -0.137. The predicted molar refractivity (Wildman–Crippen MR) is 127 cm³/mol. The molecule has 182 valence electrons. The van der Waals surface area contributed by atoms with Gasteiger partial charge in [-0.3, -0.25) is 9.59 Å². The molecule has 35 heavy (non-hydrogen) atoms. The van der Waals surface area contributed by atoms with E-state index in [-0.39, 0.29) is 36.9 Å². The van der Waals surface area contributed by atoms with Gasteiger partial charge in [-0.1, -0.05) is 67.0 Å². The van der Waals surface area contributed by atoms with E-state index in [1.54, 1.807) is 0 Å². The number of aromatic nitrogens is 1. The largest absolute Gasteiger partial charge is 0.481 e. The highest BCUT2D eigenvalue weighted by Crippen LogP contribution is 2.44. The Hall–Kier alpha value is -4.14. The minimum absolute atomic E-state index is 0.00946. The molecule has 2 aromatic carbocycles. The molecule has 0 saturated carbocycles. The fourth-order valence-corrected chi connectivity index (χ4v) is 4.36. The van der Waals surface area contributed by atoms with Crippen LogP contribution in [0.2, 0.25) is 0 Å². The number of fused-ring (bicyclic) bond motifs is 3. The minimum atomic E-state index is -0.989. The zero-order chi connectivity index (χ0) is 24.8. The number of alkyl carbamates (subject to hydrolysis) is 1. The van der Waals surface area contributed by atoms with Crippen LogP contribution in [0.15, 0.2) is 59.1 Å². The van der Waals surface area contributed by atoms with Gasteiger partial charge < -0.3 is 25.0 Å². The fraction of sp³-hybridized carbons (Fsp3) is 0.308. The minimum Gasteiger partial charge on any atom is -0.481 e. The van der Waals surface area contributed by atoms with Gasteiger partial charge in [-0.15, -0.1) is 0 Å². The predicted octanol–water partition coefficient (Wildman–Crippen LogP) is 4.09. The Morgan fingerprint density at radius 2 is 1.74 bits per heavy atom. The van der Waals surface area contributed by atoms with E-state index in [0.29, 0.717) is 6.42 Å². The van der Waals surface area contributed by atoms with Gasteiger partial charge in [0, 0.05) is 18.0 Å². The number of hydrogen-bond donors (Lipinski definition) is 3. The van der Waals surface area contributed by atoms with Crippen molar-refractivity contribution in [3.8, 4) is 11.1 Å². The first-order valence-electron chi connectivity index (χ1n) is 11.5. The zero-order valence-electron chi connectivity index (χ0n) is 19.3. The first-order valence-corrected chi connectivity index (χ1v) is 11.5. The van der Waals surface area contributed by atoms with Crippen LogP contribution in [-0.4, -0.2) is 40.9 Å². The summed E-state index contributed by atoms with van der Waals surface area (Å²) in [6.45, 7) is 2.08. The van der Waals surface area contributed by atoms with Gasteiger partial charge in [-0.2, -0.15) is 0 Å². The molecule has 1 unspecified atom stereocenters. The van der Waals surface area contributed by atoms with Crippen molar-refractivity contribution in [3.05, 3.63) is 77.2 Å². The molecule has 0 fully saturated rings. The lowest BCUT2D eigenvalue weighted by Crippen LogP contribution is -2.36. The highest BCUT2D eigenvalue weighted by Gasteiger charge is 2.29. The average Bonchev–Trinajstić information content (AvgIpc) is 3.44. The average molecular weight is 478 g/mol. The SMILES string of the molecule is CCCC(CC(=O)O)NC(=O)c1cc(CNC(=O)OCC2c3ccccc3-c3ccccc32)on1. The lowest BCUT2D eigenvalue weighted by atomic mass is 9.98. The van der Waals surface area contributed by atoms with E-state index in [4.69, 9.17) is 14.4 Å². The van der Waals surface area contributed by atoms with Gasteiger partial charge in [0.25, 0.3) is 5.91 Å². The molecule has 3 N–H and O–H groups in total. The number of carboxylic acids is 1. The molecule has 9 nitrogen and oxygen atoms in total. The normalized spacial score (nSPS) is 12.9. The summed E-state index contributed by atoms with van der Waals surface area (Å²) in [5, 5.41) is 18.0. The molecule has 1 aliphatic rings. The highest BCUT2D eigenvalue weighted by atomic mass is 16.5. The number of aliphatic carboxylic acids is 1. The van der Waals surface area contributed by atoms with Gasteiger partial charge in [0.15, 0.2) is 11.5 Å². The summed E-state index contributed by atoms with van der Waals surface area (Å²) in [5.74, 6) is -1.29. The van der Waals surface area contributed by atoms with Crippen molar-refractivity contribution in [1.82, 2.24) is 15.8 Å². The number of carbonyl (C=O) groups excluding carboxylic acids is 2. The van der Waals surface area contributed by atoms with Crippen molar-refractivity contribution in [2.75, 3.05) is 6.61 Å². The number of carboxylic acid groups (broad SMARTS) is 1. The van der Waals surface area contributed by atoms with Crippen molar-refractivity contribution in [2.24, 2.45) is 0 Å². The Labute approximate surface area is 202 Å². The first-order chi connectivity index (χ1) is 17.0. The van der Waals surface area contributed by atoms with Crippen molar-refractivity contribution in [2.45, 2.75) is 44.7 Å². The van der Waals surface area contributed by atoms with Crippen LogP contribution < -0.4 is 10.6 Å². The molecule has 9 heteroatoms. The molecule has 3 aromatic rings. The number of nitrogens with one attached hydrogen (secondary N) is 2. The number of ether oxygens (including phenoxy) is 1. The molecular weight excluding hydrogens is 450 g/mol. The second kappa shape index (κ2) is 10.9. The Balaban J connectivity index is 1.29. The van der Waals surface area contributed by atoms with Crippen LogP contribution >= 0.6 is 0 Å². The second-order valence-corrected chi connectivity index (χ2v) is 8.41. The molecule has 1 aliphatic carbocycles. The molecule has 0 bridgehead atoms. The fourth-order valence-electron chi connectivity index (χ4n) is 4.36. The molecule has 0 aliphatic heterocycles. The maximum absolute atomic E-state index is 12.4. The van der Waals surface area contributed by atoms with Gasteiger partial charge in [0.2, 0.25) is 0 Å². The maximum Gasteiger partial charge on any atom is 0.407 e. The molecule has 4 rings (SSSR count). The van der Waals surface area contributed by atoms with Crippen LogP contribution in [0.1, 0.15) is 59.5 Å². The first kappa shape index (κ1) is 24.0. The Morgan fingerprint density at radius 1 is 1.09 bits per heavy atom. The maximum atomic E-state index is 12.4. The van der Waals surface area contributed by atoms with Gasteiger partial charge in [-0.05, 0) is 28.7 Å². The van der Waals surface area contributed by atoms with Gasteiger partial charge in [-0.25, -0.2) is 4.79 Å². The number of rotatable bonds is 10. The molecular formula is C26H27N3O6. The smallest absolute Gasteiger partial charge is 0.407 e. The molecule has 2 amide bonds. The van der Waals surface area contributed by atoms with E-state index >= 15 is 0 Å². The topological polar surface area (TPSA) is 131 Å². The van der Waals surface area contributed by atoms with Gasteiger partial charge in [0.05, 0.1) is 13.0 Å². The molecule has 1 aromatic heterocycles. The summed E-state index contributed by atoms with van der Waals surface area (Å²) in [5.41, 5.74) is 4.55. The van der Waals surface area contributed by atoms with Crippen LogP contribution in [0.4, 0.5) is 4.79 Å². The van der Waals surface area contributed by atoms with Crippen molar-refractivity contribution in [3.63, 3.8) is 0 Å². The molecule has 1 heterocycles. The monoisotopic (exact) mass is 477 g/mol. The quantitative estimate of drug-likeness (QED) is 0.401. The summed E-state index contributed by atoms with van der Waals surface area (Å²) in [6, 6.07) is 17.1. The summed E-state index contributed by atoms with van der Waals surface area (Å²) in [7, 11) is 0. The third-order valence-corrected chi connectivity index (χ3v) is 5.94. The third-order valence-electron chi connectivity index (χ3n) is 5.94. The van der Waals surface area contributed by atoms with Crippen LogP contribution in [-0.2, 0) is 16.1 Å². The molecule has 0 saturated heterocycles. The van der Waals surface area contributed by atoms with Crippen molar-refractivity contribution < 1.29 is 28.8 Å². The molecule has 0 spiro atoms. The second-order valence-electron chi connectivity index (χ2n) is 8.41. The van der Waals surface area contributed by atoms with Crippen molar-refractivity contribution >= 4 is 18.0 Å². The van der Waals surface area contributed by atoms with Crippen LogP contribution in [0, 0.1) is 0 Å². The highest BCUT2D eigenvalue weighted by molar-refractivity contribution is 5.92. The summed E-state index contributed by atoms with van der Waals surface area (Å²) in [6.07, 6.45) is 0.477. The van der Waals surface area contributed by atoms with Crippen LogP contribution in [0.5, 0.6) is 0 Å². The van der Waals surface area contributed by atoms with Crippen LogP contribution in [0.25, 0.3) is 11.1 Å². The lowest BCUT2D eigenvalue weighted by Gasteiger charge is -2.14. The van der Waals surface area contributed by atoms with E-state index in [1.165, 1.54) is 6.07 Å². The zero-order valence-corrected chi connectivity index (χ0v) is 19.3. The molecule has 0 radical (unpaired) electrons. The Morgan fingerprint density at radius 3 is 2.37 bits per heavy atom. The van der Waals surface area contributed by atoms with E-state index in [2.05, 4.69) is 27.9 Å². The number of benzene rings is 2. The van der Waals surface area contributed by atoms with E-state index < -0.39 is 24.0 Å². The Kier molecular flexibility index (Phi) is 7.45. The van der Waals surface area contributed by atoms with Gasteiger partial charge in [0.1, 0.15) is 6.61 Å². The summed E-state index contributed by atoms with van der Waals surface area (Å²) in [4.78, 5) is 35.7. The number of carbonyl (C=O) groups is 3. The van der Waals surface area contributed by atoms with Crippen molar-refractivity contribution in [1.29, 1.82) is 0 Å². The summed E-state index contributed by atoms with van der Waals surface area (Å²) < 4.78 is 10.6. The molecule has 1 atom stereocenters. The van der Waals surface area contributed by atoms with Crippen LogP contribution in [0.3, 0.4) is 0 Å². The number of hydrogen-bond acceptors (Lipinski definition) is 6. The van der Waals surface area contributed by atoms with E-state index in [1.807, 2.05) is 43.3 Å². The Bertz CT molecular complexity index is 1180. The van der Waals surface area contributed by atoms with E-state index in [9.17, 15) is 14.4 Å². The summed E-state index contributed by atoms with van der Waals surface area (Å²) >= 11 is 0.